The molecule has 0 amide bonds. The molecule has 18 heavy (non-hydrogen) atoms. The minimum absolute atomic E-state index is 0.00454. The van der Waals surface area contributed by atoms with Crippen molar-refractivity contribution in [1.29, 1.82) is 0 Å². The SMILES string of the molecule is [2H]C([2H])(O)C12C3c4ccccc4[C@@H]1[C@@H]2c1ccccc13. The molecule has 0 heterocycles. The van der Waals surface area contributed by atoms with Crippen molar-refractivity contribution in [2.75, 3.05) is 6.56 Å². The lowest BCUT2D eigenvalue weighted by molar-refractivity contribution is 0.200. The smallest absolute Gasteiger partial charge is 0.0570 e. The van der Waals surface area contributed by atoms with Gasteiger partial charge in [0, 0.05) is 23.2 Å². The fourth-order valence-electron chi connectivity index (χ4n) is 4.64. The third-order valence-electron chi connectivity index (χ3n) is 5.21. The Labute approximate surface area is 109 Å². The van der Waals surface area contributed by atoms with E-state index in [4.69, 9.17) is 2.74 Å². The van der Waals surface area contributed by atoms with E-state index in [0.29, 0.717) is 0 Å². The quantitative estimate of drug-likeness (QED) is 0.807. The highest BCUT2D eigenvalue weighted by atomic mass is 16.3. The molecule has 3 aliphatic carbocycles. The maximum atomic E-state index is 10.3. The molecule has 1 saturated carbocycles. The molecule has 1 nitrogen and oxygen atoms in total. The first-order chi connectivity index (χ1) is 9.58. The van der Waals surface area contributed by atoms with E-state index in [1.807, 2.05) is 24.3 Å². The molecule has 2 aromatic carbocycles. The highest BCUT2D eigenvalue weighted by Gasteiger charge is 2.77. The molecule has 2 aromatic rings. The Morgan fingerprint density at radius 3 is 1.78 bits per heavy atom. The second-order valence-electron chi connectivity index (χ2n) is 5.69. The van der Waals surface area contributed by atoms with E-state index < -0.39 is 12.0 Å². The van der Waals surface area contributed by atoms with E-state index in [-0.39, 0.29) is 17.8 Å². The molecule has 3 aliphatic rings. The predicted octanol–water partition coefficient (Wildman–Crippen LogP) is 3.01. The summed E-state index contributed by atoms with van der Waals surface area (Å²) in [6, 6.07) is 16.5. The third-order valence-corrected chi connectivity index (χ3v) is 5.21. The lowest BCUT2D eigenvalue weighted by atomic mass is 9.85. The van der Waals surface area contributed by atoms with Gasteiger partial charge in [-0.2, -0.15) is 0 Å². The van der Waals surface area contributed by atoms with E-state index in [1.165, 1.54) is 22.3 Å². The predicted molar refractivity (Wildman–Crippen MR) is 69.7 cm³/mol. The average molecular weight is 236 g/mol. The van der Waals surface area contributed by atoms with Gasteiger partial charge in [0.1, 0.15) is 0 Å². The first-order valence-corrected chi connectivity index (χ1v) is 6.48. The van der Waals surface area contributed by atoms with E-state index in [0.717, 1.165) is 0 Å². The van der Waals surface area contributed by atoms with Crippen molar-refractivity contribution in [2.45, 2.75) is 17.8 Å². The van der Waals surface area contributed by atoms with E-state index in [9.17, 15) is 5.11 Å². The van der Waals surface area contributed by atoms with Crippen molar-refractivity contribution < 1.29 is 7.85 Å². The largest absolute Gasteiger partial charge is 0.396 e. The number of rotatable bonds is 1. The molecule has 1 fully saturated rings. The summed E-state index contributed by atoms with van der Waals surface area (Å²) in [4.78, 5) is 0. The van der Waals surface area contributed by atoms with Crippen LogP contribution in [-0.4, -0.2) is 11.7 Å². The van der Waals surface area contributed by atoms with Crippen LogP contribution in [0.5, 0.6) is 0 Å². The number of fused-ring (bicyclic) bond motifs is 7. The van der Waals surface area contributed by atoms with Gasteiger partial charge in [-0.15, -0.1) is 0 Å². The maximum Gasteiger partial charge on any atom is 0.0570 e. The molecule has 0 radical (unpaired) electrons. The lowest BCUT2D eigenvalue weighted by Crippen LogP contribution is -2.14. The van der Waals surface area contributed by atoms with Gasteiger partial charge in [0.15, 0.2) is 0 Å². The molecule has 88 valence electrons. The Bertz CT molecular complexity index is 693. The van der Waals surface area contributed by atoms with Crippen LogP contribution in [0, 0.1) is 5.41 Å². The van der Waals surface area contributed by atoms with Crippen molar-refractivity contribution in [3.63, 3.8) is 0 Å². The van der Waals surface area contributed by atoms with Gasteiger partial charge in [0.2, 0.25) is 0 Å². The minimum Gasteiger partial charge on any atom is -0.396 e. The van der Waals surface area contributed by atoms with Gasteiger partial charge in [-0.3, -0.25) is 0 Å². The number of benzene rings is 2. The first kappa shape index (κ1) is 7.75. The summed E-state index contributed by atoms with van der Waals surface area (Å²) in [6.07, 6.45) is 0. The Kier molecular flexibility index (Phi) is 1.16. The molecule has 2 unspecified atom stereocenters. The normalized spacial score (nSPS) is 39.5. The topological polar surface area (TPSA) is 20.2 Å². The van der Waals surface area contributed by atoms with Crippen LogP contribution in [0.3, 0.4) is 0 Å². The first-order valence-electron chi connectivity index (χ1n) is 7.48. The van der Waals surface area contributed by atoms with E-state index in [1.54, 1.807) is 0 Å². The van der Waals surface area contributed by atoms with Gasteiger partial charge in [0.05, 0.1) is 9.30 Å². The molecule has 0 aliphatic heterocycles. The maximum absolute atomic E-state index is 10.3. The van der Waals surface area contributed by atoms with Crippen LogP contribution in [0.4, 0.5) is 0 Å². The zero-order valence-electron chi connectivity index (χ0n) is 11.8. The molecule has 0 spiro atoms. The summed E-state index contributed by atoms with van der Waals surface area (Å²) in [6.45, 7) is -2.15. The molecule has 1 N–H and O–H groups in total. The Hall–Kier alpha value is -1.60. The fourth-order valence-corrected chi connectivity index (χ4v) is 4.64. The second kappa shape index (κ2) is 2.70. The number of hydrogen-bond acceptors (Lipinski definition) is 1. The van der Waals surface area contributed by atoms with E-state index >= 15 is 0 Å². The summed E-state index contributed by atoms with van der Waals surface area (Å²) in [5.74, 6) is 0.280. The van der Waals surface area contributed by atoms with Gasteiger partial charge >= 0.3 is 0 Å². The van der Waals surface area contributed by atoms with Crippen LogP contribution >= 0.6 is 0 Å². The third kappa shape index (κ3) is 0.733. The van der Waals surface area contributed by atoms with Gasteiger partial charge in [0.25, 0.3) is 0 Å². The molecule has 0 aromatic heterocycles. The molecular formula is C17H14O. The summed E-state index contributed by atoms with van der Waals surface area (Å²) in [5, 5.41) is 10.3. The summed E-state index contributed by atoms with van der Waals surface area (Å²) in [7, 11) is 0. The van der Waals surface area contributed by atoms with Crippen LogP contribution in [-0.2, 0) is 0 Å². The number of hydrogen-bond donors (Lipinski definition) is 1. The molecule has 1 heteroatoms. The van der Waals surface area contributed by atoms with Crippen molar-refractivity contribution in [3.05, 3.63) is 70.8 Å². The zero-order valence-corrected chi connectivity index (χ0v) is 9.80. The van der Waals surface area contributed by atoms with Crippen molar-refractivity contribution in [3.8, 4) is 0 Å². The van der Waals surface area contributed by atoms with Gasteiger partial charge in [-0.1, -0.05) is 48.5 Å². The van der Waals surface area contributed by atoms with Crippen molar-refractivity contribution in [1.82, 2.24) is 0 Å². The van der Waals surface area contributed by atoms with E-state index in [2.05, 4.69) is 24.3 Å². The lowest BCUT2D eigenvalue weighted by Gasteiger charge is -2.19. The van der Waals surface area contributed by atoms with Crippen LogP contribution in [0.15, 0.2) is 48.5 Å². The molecule has 0 bridgehead atoms. The van der Waals surface area contributed by atoms with Crippen LogP contribution in [0.25, 0.3) is 0 Å². The van der Waals surface area contributed by atoms with Crippen molar-refractivity contribution in [2.24, 2.45) is 5.41 Å². The number of aliphatic hydroxyl groups is 1. The van der Waals surface area contributed by atoms with Crippen LogP contribution in [0.2, 0.25) is 0 Å². The minimum atomic E-state index is -2.15. The van der Waals surface area contributed by atoms with Crippen LogP contribution < -0.4 is 0 Å². The summed E-state index contributed by atoms with van der Waals surface area (Å²) >= 11 is 0. The molecule has 0 saturated heterocycles. The van der Waals surface area contributed by atoms with Gasteiger partial charge < -0.3 is 5.11 Å². The fraction of sp³-hybridized carbons (Fsp3) is 0.294. The summed E-state index contributed by atoms with van der Waals surface area (Å²) < 4.78 is 16.1. The Morgan fingerprint density at radius 2 is 1.33 bits per heavy atom. The Balaban J connectivity index is 1.86. The van der Waals surface area contributed by atoms with Gasteiger partial charge in [-0.05, 0) is 22.3 Å². The highest BCUT2D eigenvalue weighted by molar-refractivity contribution is 5.67. The zero-order chi connectivity index (χ0) is 13.7. The summed E-state index contributed by atoms with van der Waals surface area (Å²) in [5.41, 5.74) is 4.21. The average Bonchev–Trinajstić information content (AvgIpc) is 2.93. The Morgan fingerprint density at radius 1 is 0.889 bits per heavy atom. The molecular weight excluding hydrogens is 220 g/mol. The second-order valence-corrected chi connectivity index (χ2v) is 5.69. The van der Waals surface area contributed by atoms with Gasteiger partial charge in [-0.25, -0.2) is 0 Å². The molecule has 4 atom stereocenters. The standard InChI is InChI=1S/C17H14O/c18-9-17-14-10-5-1-3-7-12(10)15(17)16(17)13-8-4-2-6-11(13)14/h1-8,14-16,18H,9H2/t14?,15-,16+,17?/i9D2. The van der Waals surface area contributed by atoms with Crippen LogP contribution in [0.1, 0.15) is 42.7 Å². The molecule has 5 rings (SSSR count). The van der Waals surface area contributed by atoms with Crippen molar-refractivity contribution >= 4 is 0 Å². The monoisotopic (exact) mass is 236 g/mol. The highest BCUT2D eigenvalue weighted by Crippen LogP contribution is 2.85.